The Morgan fingerprint density at radius 1 is 1.29 bits per heavy atom. The molecule has 1 unspecified atom stereocenters. The molecule has 0 aliphatic carbocycles. The third-order valence-corrected chi connectivity index (χ3v) is 2.52. The fourth-order valence-electron chi connectivity index (χ4n) is 1.21. The molecule has 0 aromatic heterocycles. The molecule has 0 heterocycles. The number of benzene rings is 1. The van der Waals surface area contributed by atoms with E-state index in [-0.39, 0.29) is 19.8 Å². The van der Waals surface area contributed by atoms with Crippen LogP contribution in [0.3, 0.4) is 0 Å². The second-order valence-electron chi connectivity index (χ2n) is 3.89. The normalized spacial score (nSPS) is 11.3. The van der Waals surface area contributed by atoms with E-state index in [1.165, 1.54) is 0 Å². The Balaban J connectivity index is 2.23. The minimum absolute atomic E-state index is 0.288. The number of carbonyl (C=O) groups excluding carboxylic acids is 2. The molecule has 0 amide bonds. The highest BCUT2D eigenvalue weighted by molar-refractivity contribution is 6.32. The number of ether oxygens (including phenoxy) is 3. The number of hydrogen-bond acceptors (Lipinski definition) is 6. The maximum Gasteiger partial charge on any atom is 0.344 e. The van der Waals surface area contributed by atoms with Gasteiger partial charge >= 0.3 is 11.9 Å². The maximum atomic E-state index is 11.4. The molecule has 114 valence electrons. The topological polar surface area (TPSA) is 82.1 Å². The Morgan fingerprint density at radius 3 is 2.62 bits per heavy atom. The molecule has 0 radical (unpaired) electrons. The molecule has 1 aromatic rings. The molecule has 1 aromatic carbocycles. The molecule has 21 heavy (non-hydrogen) atoms. The van der Waals surface area contributed by atoms with Crippen molar-refractivity contribution in [3.63, 3.8) is 0 Å². The first kappa shape index (κ1) is 17.0. The number of para-hydroxylation sites is 1. The molecule has 0 spiro atoms. The lowest BCUT2D eigenvalue weighted by Gasteiger charge is -2.12. The largest absolute Gasteiger partial charge is 0.480 e. The van der Waals surface area contributed by atoms with Gasteiger partial charge in [0.05, 0.1) is 5.02 Å². The second-order valence-corrected chi connectivity index (χ2v) is 4.30. The van der Waals surface area contributed by atoms with E-state index in [4.69, 9.17) is 21.1 Å². The van der Waals surface area contributed by atoms with Crippen LogP contribution in [-0.2, 0) is 19.1 Å². The molecular formula is C14H15ClO6. The van der Waals surface area contributed by atoms with Crippen molar-refractivity contribution in [2.75, 3.05) is 19.8 Å². The molecule has 7 heteroatoms. The van der Waals surface area contributed by atoms with Gasteiger partial charge < -0.3 is 19.3 Å². The average molecular weight is 315 g/mol. The smallest absolute Gasteiger partial charge is 0.344 e. The van der Waals surface area contributed by atoms with Crippen LogP contribution in [0.1, 0.15) is 0 Å². The van der Waals surface area contributed by atoms with Gasteiger partial charge in [-0.1, -0.05) is 30.3 Å². The van der Waals surface area contributed by atoms with E-state index in [0.717, 1.165) is 6.08 Å². The van der Waals surface area contributed by atoms with E-state index in [1.807, 2.05) is 0 Å². The van der Waals surface area contributed by atoms with Crippen LogP contribution in [0.5, 0.6) is 5.75 Å². The molecule has 0 saturated carbocycles. The number of aliphatic hydroxyl groups excluding tert-OH is 1. The van der Waals surface area contributed by atoms with E-state index in [0.29, 0.717) is 10.8 Å². The van der Waals surface area contributed by atoms with E-state index >= 15 is 0 Å². The quantitative estimate of drug-likeness (QED) is 0.576. The summed E-state index contributed by atoms with van der Waals surface area (Å²) in [5, 5.41) is 9.80. The highest BCUT2D eigenvalue weighted by Crippen LogP contribution is 2.22. The number of esters is 2. The van der Waals surface area contributed by atoms with Crippen molar-refractivity contribution in [2.45, 2.75) is 6.10 Å². The minimum atomic E-state index is -1.11. The lowest BCUT2D eigenvalue weighted by Crippen LogP contribution is -2.26. The zero-order valence-corrected chi connectivity index (χ0v) is 11.9. The Kier molecular flexibility index (Phi) is 7.28. The third kappa shape index (κ3) is 6.78. The molecule has 0 saturated heterocycles. The van der Waals surface area contributed by atoms with Crippen LogP contribution < -0.4 is 4.74 Å². The van der Waals surface area contributed by atoms with Crippen LogP contribution in [0.4, 0.5) is 0 Å². The number of hydrogen-bond donors (Lipinski definition) is 1. The fourth-order valence-corrected chi connectivity index (χ4v) is 1.40. The maximum absolute atomic E-state index is 11.4. The summed E-state index contributed by atoms with van der Waals surface area (Å²) in [6.07, 6.45) is -0.144. The van der Waals surface area contributed by atoms with Crippen molar-refractivity contribution in [3.8, 4) is 5.75 Å². The first-order valence-corrected chi connectivity index (χ1v) is 6.41. The van der Waals surface area contributed by atoms with Crippen LogP contribution in [-0.4, -0.2) is 43.0 Å². The van der Waals surface area contributed by atoms with Crippen LogP contribution >= 0.6 is 11.6 Å². The van der Waals surface area contributed by atoms with Crippen molar-refractivity contribution >= 4 is 23.5 Å². The fraction of sp³-hybridized carbons (Fsp3) is 0.286. The van der Waals surface area contributed by atoms with E-state index in [9.17, 15) is 14.7 Å². The van der Waals surface area contributed by atoms with Gasteiger partial charge in [0.25, 0.3) is 0 Å². The molecular weight excluding hydrogens is 300 g/mol. The van der Waals surface area contributed by atoms with Crippen molar-refractivity contribution in [3.05, 3.63) is 41.9 Å². The van der Waals surface area contributed by atoms with E-state index < -0.39 is 18.0 Å². The summed E-state index contributed by atoms with van der Waals surface area (Å²) in [6.45, 7) is 2.26. The first-order chi connectivity index (χ1) is 10.0. The van der Waals surface area contributed by atoms with Gasteiger partial charge in [-0.3, -0.25) is 0 Å². The highest BCUT2D eigenvalue weighted by atomic mass is 35.5. The summed E-state index contributed by atoms with van der Waals surface area (Å²) < 4.78 is 14.5. The zero-order valence-electron chi connectivity index (χ0n) is 11.2. The zero-order chi connectivity index (χ0) is 15.7. The Bertz CT molecular complexity index is 502. The predicted octanol–water partition coefficient (Wildman–Crippen LogP) is 1.35. The van der Waals surface area contributed by atoms with Gasteiger partial charge in [-0.25, -0.2) is 9.59 Å². The number of halogens is 1. The van der Waals surface area contributed by atoms with E-state index in [2.05, 4.69) is 11.3 Å². The van der Waals surface area contributed by atoms with Gasteiger partial charge in [0.2, 0.25) is 0 Å². The average Bonchev–Trinajstić information content (AvgIpc) is 2.49. The van der Waals surface area contributed by atoms with E-state index in [1.54, 1.807) is 24.3 Å². The first-order valence-electron chi connectivity index (χ1n) is 6.03. The highest BCUT2D eigenvalue weighted by Gasteiger charge is 2.12. The minimum Gasteiger partial charge on any atom is -0.480 e. The summed E-state index contributed by atoms with van der Waals surface area (Å²) in [6, 6.07) is 6.68. The molecule has 1 atom stereocenters. The van der Waals surface area contributed by atoms with Gasteiger partial charge in [-0.05, 0) is 12.1 Å². The molecule has 0 fully saturated rings. The van der Waals surface area contributed by atoms with Crippen LogP contribution in [0.15, 0.2) is 36.9 Å². The van der Waals surface area contributed by atoms with Crippen LogP contribution in [0.25, 0.3) is 0 Å². The number of aliphatic hydroxyl groups is 1. The number of rotatable bonds is 8. The second kappa shape index (κ2) is 8.99. The summed E-state index contributed by atoms with van der Waals surface area (Å²) in [5.41, 5.74) is 0. The Labute approximate surface area is 126 Å². The lowest BCUT2D eigenvalue weighted by atomic mass is 10.3. The van der Waals surface area contributed by atoms with Gasteiger partial charge in [-0.15, -0.1) is 0 Å². The standard InChI is InChI=1S/C14H15ClO6/c1-2-13(17)20-7-10(16)8-21-14(18)9-19-12-6-4-3-5-11(12)15/h2-6,10,16H,1,7-9H2. The molecule has 0 bridgehead atoms. The molecule has 1 N–H and O–H groups in total. The van der Waals surface area contributed by atoms with Crippen molar-refractivity contribution in [1.82, 2.24) is 0 Å². The Morgan fingerprint density at radius 2 is 1.95 bits per heavy atom. The van der Waals surface area contributed by atoms with Crippen molar-refractivity contribution < 1.29 is 28.9 Å². The molecule has 0 aliphatic rings. The van der Waals surface area contributed by atoms with Crippen LogP contribution in [0, 0.1) is 0 Å². The van der Waals surface area contributed by atoms with Gasteiger partial charge in [0.1, 0.15) is 25.1 Å². The van der Waals surface area contributed by atoms with Gasteiger partial charge in [0, 0.05) is 6.08 Å². The Hall–Kier alpha value is -2.05. The van der Waals surface area contributed by atoms with Gasteiger partial charge in [0.15, 0.2) is 6.61 Å². The molecule has 1 rings (SSSR count). The SMILES string of the molecule is C=CC(=O)OCC(O)COC(=O)COc1ccccc1Cl. The van der Waals surface area contributed by atoms with Crippen LogP contribution in [0.2, 0.25) is 5.02 Å². The summed E-state index contributed by atoms with van der Waals surface area (Å²) in [5.74, 6) is -0.983. The van der Waals surface area contributed by atoms with Crippen molar-refractivity contribution in [1.29, 1.82) is 0 Å². The number of carbonyl (C=O) groups is 2. The van der Waals surface area contributed by atoms with Crippen molar-refractivity contribution in [2.24, 2.45) is 0 Å². The van der Waals surface area contributed by atoms with Gasteiger partial charge in [-0.2, -0.15) is 0 Å². The predicted molar refractivity (Wildman–Crippen MR) is 75.1 cm³/mol. The summed E-state index contributed by atoms with van der Waals surface area (Å²) >= 11 is 5.85. The monoisotopic (exact) mass is 314 g/mol. The molecule has 0 aliphatic heterocycles. The third-order valence-electron chi connectivity index (χ3n) is 2.20. The molecule has 6 nitrogen and oxygen atoms in total. The summed E-state index contributed by atoms with van der Waals surface area (Å²) in [4.78, 5) is 22.2. The lowest BCUT2D eigenvalue weighted by molar-refractivity contribution is -0.151. The summed E-state index contributed by atoms with van der Waals surface area (Å²) in [7, 11) is 0.